The number of nitrogens with one attached hydrogen (secondary N) is 1. The molecule has 1 saturated heterocycles. The molecule has 0 aliphatic carbocycles. The van der Waals surface area contributed by atoms with Crippen molar-refractivity contribution in [1.82, 2.24) is 5.32 Å². The number of hydrogen-bond donors (Lipinski definition) is 2. The van der Waals surface area contributed by atoms with Gasteiger partial charge < -0.3 is 15.2 Å². The van der Waals surface area contributed by atoms with Gasteiger partial charge in [-0.05, 0) is 6.42 Å². The normalized spacial score (nSPS) is 21.5. The van der Waals surface area contributed by atoms with Gasteiger partial charge in [-0.1, -0.05) is 71.1 Å². The van der Waals surface area contributed by atoms with Gasteiger partial charge in [-0.2, -0.15) is 0 Å². The summed E-state index contributed by atoms with van der Waals surface area (Å²) < 4.78 is 5.97. The van der Waals surface area contributed by atoms with Crippen molar-refractivity contribution < 1.29 is 9.84 Å². The van der Waals surface area contributed by atoms with E-state index in [1.165, 1.54) is 64.2 Å². The summed E-state index contributed by atoms with van der Waals surface area (Å²) in [6.45, 7) is 5.16. The molecule has 1 heterocycles. The average Bonchev–Trinajstić information content (AvgIpc) is 2.50. The second kappa shape index (κ2) is 14.9. The van der Waals surface area contributed by atoms with Crippen LogP contribution in [0.5, 0.6) is 0 Å². The number of morpholine rings is 1. The first-order valence-electron chi connectivity index (χ1n) is 9.28. The Morgan fingerprint density at radius 1 is 0.909 bits per heavy atom. The monoisotopic (exact) mass is 379 g/mol. The molecule has 22 heavy (non-hydrogen) atoms. The predicted octanol–water partition coefficient (Wildman–Crippen LogP) is 4.62. The minimum atomic E-state index is -0.0901. The highest BCUT2D eigenvalue weighted by atomic mass is 79.9. The van der Waals surface area contributed by atoms with Gasteiger partial charge in [0.15, 0.2) is 0 Å². The summed E-state index contributed by atoms with van der Waals surface area (Å²) in [5, 5.41) is 12.6. The van der Waals surface area contributed by atoms with E-state index in [-0.39, 0.29) is 29.2 Å². The number of aliphatic hydroxyl groups is 1. The molecule has 0 saturated carbocycles. The van der Waals surface area contributed by atoms with Crippen LogP contribution in [0.1, 0.15) is 84.0 Å². The molecular formula is C18H38BrNO2. The first-order chi connectivity index (χ1) is 10.3. The van der Waals surface area contributed by atoms with Gasteiger partial charge in [0.25, 0.3) is 0 Å². The lowest BCUT2D eigenvalue weighted by molar-refractivity contribution is -0.0846. The fourth-order valence-electron chi connectivity index (χ4n) is 3.29. The Morgan fingerprint density at radius 2 is 1.50 bits per heavy atom. The molecule has 1 fully saturated rings. The van der Waals surface area contributed by atoms with Crippen LogP contribution in [0.4, 0.5) is 0 Å². The molecule has 0 aromatic carbocycles. The Kier molecular flexibility index (Phi) is 15.2. The molecule has 1 rings (SSSR count). The van der Waals surface area contributed by atoms with Crippen LogP contribution in [0, 0.1) is 0 Å². The van der Waals surface area contributed by atoms with E-state index in [0.29, 0.717) is 0 Å². The van der Waals surface area contributed by atoms with Crippen LogP contribution < -0.4 is 5.32 Å². The number of unbranched alkanes of at least 4 members (excludes halogenated alkanes) is 9. The van der Waals surface area contributed by atoms with Gasteiger partial charge in [-0.25, -0.2) is 0 Å². The van der Waals surface area contributed by atoms with Crippen LogP contribution in [0.25, 0.3) is 0 Å². The minimum absolute atomic E-state index is 0. The SMILES string of the molecule is Br.CCCCCCCCCCCCC1(CCO)CNCCO1. The van der Waals surface area contributed by atoms with Gasteiger partial charge in [-0.3, -0.25) is 0 Å². The maximum absolute atomic E-state index is 9.24. The highest BCUT2D eigenvalue weighted by Crippen LogP contribution is 2.25. The summed E-state index contributed by atoms with van der Waals surface area (Å²) in [6, 6.07) is 0. The molecule has 0 aromatic rings. The van der Waals surface area contributed by atoms with E-state index >= 15 is 0 Å². The lowest BCUT2D eigenvalue weighted by Crippen LogP contribution is -2.50. The Bertz CT molecular complexity index is 228. The van der Waals surface area contributed by atoms with Crippen LogP contribution >= 0.6 is 17.0 Å². The molecule has 134 valence electrons. The van der Waals surface area contributed by atoms with E-state index in [2.05, 4.69) is 12.2 Å². The number of ether oxygens (including phenoxy) is 1. The summed E-state index contributed by atoms with van der Waals surface area (Å²) >= 11 is 0. The van der Waals surface area contributed by atoms with Crippen molar-refractivity contribution in [2.24, 2.45) is 0 Å². The van der Waals surface area contributed by atoms with E-state index in [9.17, 15) is 5.11 Å². The van der Waals surface area contributed by atoms with Gasteiger partial charge in [0.05, 0.1) is 12.2 Å². The third-order valence-electron chi connectivity index (χ3n) is 4.69. The Labute approximate surface area is 148 Å². The van der Waals surface area contributed by atoms with Crippen LogP contribution in [-0.4, -0.2) is 37.0 Å². The summed E-state index contributed by atoms with van der Waals surface area (Å²) in [4.78, 5) is 0. The molecule has 1 aliphatic rings. The molecule has 0 radical (unpaired) electrons. The molecular weight excluding hydrogens is 342 g/mol. The minimum Gasteiger partial charge on any atom is -0.396 e. The first-order valence-corrected chi connectivity index (χ1v) is 9.28. The van der Waals surface area contributed by atoms with Crippen molar-refractivity contribution >= 4 is 17.0 Å². The zero-order valence-electron chi connectivity index (χ0n) is 14.6. The highest BCUT2D eigenvalue weighted by Gasteiger charge is 2.31. The lowest BCUT2D eigenvalue weighted by atomic mass is 9.91. The molecule has 4 heteroatoms. The Morgan fingerprint density at radius 3 is 2.00 bits per heavy atom. The fourth-order valence-corrected chi connectivity index (χ4v) is 3.29. The maximum atomic E-state index is 9.24. The standard InChI is InChI=1S/C18H37NO2.BrH/c1-2-3-4-5-6-7-8-9-10-11-12-18(13-15-20)17-19-14-16-21-18;/h19-20H,2-17H2,1H3;1H. The molecule has 1 atom stereocenters. The van der Waals surface area contributed by atoms with E-state index < -0.39 is 0 Å². The first kappa shape index (κ1) is 22.4. The number of hydrogen-bond acceptors (Lipinski definition) is 3. The molecule has 1 unspecified atom stereocenters. The second-order valence-electron chi connectivity index (χ2n) is 6.61. The number of aliphatic hydroxyl groups excluding tert-OH is 1. The van der Waals surface area contributed by atoms with Gasteiger partial charge in [-0.15, -0.1) is 17.0 Å². The summed E-state index contributed by atoms with van der Waals surface area (Å²) in [5.41, 5.74) is -0.0901. The third kappa shape index (κ3) is 10.2. The molecule has 0 bridgehead atoms. The van der Waals surface area contributed by atoms with Crippen molar-refractivity contribution in [3.63, 3.8) is 0 Å². The summed E-state index contributed by atoms with van der Waals surface area (Å²) in [5.74, 6) is 0. The lowest BCUT2D eigenvalue weighted by Gasteiger charge is -2.37. The molecule has 0 spiro atoms. The van der Waals surface area contributed by atoms with Crippen molar-refractivity contribution in [3.05, 3.63) is 0 Å². The van der Waals surface area contributed by atoms with Crippen molar-refractivity contribution in [2.45, 2.75) is 89.6 Å². The van der Waals surface area contributed by atoms with E-state index in [1.54, 1.807) is 0 Å². The van der Waals surface area contributed by atoms with Crippen LogP contribution in [0.15, 0.2) is 0 Å². The Balaban J connectivity index is 0.00000441. The molecule has 0 aromatic heterocycles. The molecule has 2 N–H and O–H groups in total. The van der Waals surface area contributed by atoms with Gasteiger partial charge in [0, 0.05) is 26.1 Å². The summed E-state index contributed by atoms with van der Waals surface area (Å²) in [7, 11) is 0. The predicted molar refractivity (Wildman–Crippen MR) is 100 cm³/mol. The molecule has 3 nitrogen and oxygen atoms in total. The van der Waals surface area contributed by atoms with E-state index in [4.69, 9.17) is 4.74 Å². The average molecular weight is 380 g/mol. The summed E-state index contributed by atoms with van der Waals surface area (Å²) in [6.07, 6.45) is 15.6. The van der Waals surface area contributed by atoms with Crippen molar-refractivity contribution in [1.29, 1.82) is 0 Å². The smallest absolute Gasteiger partial charge is 0.0828 e. The van der Waals surface area contributed by atoms with E-state index in [0.717, 1.165) is 32.5 Å². The second-order valence-corrected chi connectivity index (χ2v) is 6.61. The van der Waals surface area contributed by atoms with E-state index in [1.807, 2.05) is 0 Å². The van der Waals surface area contributed by atoms with Crippen molar-refractivity contribution in [3.8, 4) is 0 Å². The van der Waals surface area contributed by atoms with Crippen LogP contribution in [0.3, 0.4) is 0 Å². The molecule has 1 aliphatic heterocycles. The van der Waals surface area contributed by atoms with Gasteiger partial charge in [0.2, 0.25) is 0 Å². The zero-order valence-corrected chi connectivity index (χ0v) is 16.3. The topological polar surface area (TPSA) is 41.5 Å². The number of halogens is 1. The zero-order chi connectivity index (χ0) is 15.2. The maximum Gasteiger partial charge on any atom is 0.0828 e. The van der Waals surface area contributed by atoms with Gasteiger partial charge >= 0.3 is 0 Å². The van der Waals surface area contributed by atoms with Crippen LogP contribution in [0.2, 0.25) is 0 Å². The van der Waals surface area contributed by atoms with Gasteiger partial charge in [0.1, 0.15) is 0 Å². The van der Waals surface area contributed by atoms with Crippen molar-refractivity contribution in [2.75, 3.05) is 26.3 Å². The fraction of sp³-hybridized carbons (Fsp3) is 1.00. The quantitative estimate of drug-likeness (QED) is 0.458. The molecule has 0 amide bonds. The highest BCUT2D eigenvalue weighted by molar-refractivity contribution is 8.93. The largest absolute Gasteiger partial charge is 0.396 e. The third-order valence-corrected chi connectivity index (χ3v) is 4.69. The Hall–Kier alpha value is 0.360. The van der Waals surface area contributed by atoms with Crippen LogP contribution in [-0.2, 0) is 4.74 Å². The number of rotatable bonds is 13.